The number of fused-ring (bicyclic) bond motifs is 2. The molecule has 0 radical (unpaired) electrons. The summed E-state index contributed by atoms with van der Waals surface area (Å²) in [5, 5.41) is 18.9. The molecule has 4 rings (SSSR count). The van der Waals surface area contributed by atoms with Crippen LogP contribution in [0.1, 0.15) is 51.7 Å². The van der Waals surface area contributed by atoms with Crippen molar-refractivity contribution in [2.45, 2.75) is 51.4 Å². The predicted octanol–water partition coefficient (Wildman–Crippen LogP) is 2.07. The van der Waals surface area contributed by atoms with E-state index in [4.69, 9.17) is 0 Å². The number of allylic oxidation sites excluding steroid dienone is 4. The summed E-state index contributed by atoms with van der Waals surface area (Å²) in [7, 11) is 0. The van der Waals surface area contributed by atoms with Crippen LogP contribution < -0.4 is 17.3 Å². The second-order valence-electron chi connectivity index (χ2n) is 10.0. The van der Waals surface area contributed by atoms with Gasteiger partial charge >= 0.3 is 0 Å². The van der Waals surface area contributed by atoms with Crippen molar-refractivity contribution in [2.24, 2.45) is 0 Å². The average molecular weight is 481 g/mol. The Morgan fingerprint density at radius 3 is 2.21 bits per heavy atom. The summed E-state index contributed by atoms with van der Waals surface area (Å²) in [6.45, 7) is 11.1. The van der Waals surface area contributed by atoms with Gasteiger partial charge in [0.05, 0.1) is 5.41 Å². The Bertz CT molecular complexity index is 1110. The molecule has 0 saturated heterocycles. The van der Waals surface area contributed by atoms with E-state index in [9.17, 15) is 10.2 Å². The van der Waals surface area contributed by atoms with Crippen molar-refractivity contribution >= 4 is 17.1 Å². The maximum atomic E-state index is 9.47. The van der Waals surface area contributed by atoms with Gasteiger partial charge in [-0.15, -0.1) is 0 Å². The fraction of sp³-hybridized carbons (Fsp3) is 0.414. The Balaban J connectivity index is 0.00000324. The van der Waals surface area contributed by atoms with E-state index >= 15 is 0 Å². The summed E-state index contributed by atoms with van der Waals surface area (Å²) in [4.78, 5) is 2.36. The van der Waals surface area contributed by atoms with Crippen molar-refractivity contribution in [1.29, 1.82) is 0 Å². The summed E-state index contributed by atoms with van der Waals surface area (Å²) >= 11 is 0. The van der Waals surface area contributed by atoms with E-state index in [0.717, 1.165) is 25.9 Å². The van der Waals surface area contributed by atoms with Crippen LogP contribution in [0.3, 0.4) is 0 Å². The summed E-state index contributed by atoms with van der Waals surface area (Å²) in [5.74, 6) is 0. The molecule has 0 atom stereocenters. The molecule has 2 aromatic carbocycles. The highest BCUT2D eigenvalue weighted by molar-refractivity contribution is 6.03. The van der Waals surface area contributed by atoms with Gasteiger partial charge in [0, 0.05) is 60.7 Å². The SMILES string of the molecule is CC1(C)C(/C=C/C=C2\N(CCCO)c3ccccc3C2(C)C)=[N+](CCCO)c2ccccc21.[Cl-]. The minimum atomic E-state index is -0.105. The molecule has 4 nitrogen and oxygen atoms in total. The third-order valence-corrected chi connectivity index (χ3v) is 7.19. The molecule has 0 saturated carbocycles. The quantitative estimate of drug-likeness (QED) is 0.569. The van der Waals surface area contributed by atoms with Crippen LogP contribution in [0.5, 0.6) is 0 Å². The molecule has 2 aliphatic heterocycles. The normalized spacial score (nSPS) is 19.0. The molecule has 2 heterocycles. The number of aliphatic hydroxyl groups is 2. The number of rotatable bonds is 8. The van der Waals surface area contributed by atoms with Crippen molar-refractivity contribution < 1.29 is 27.2 Å². The lowest BCUT2D eigenvalue weighted by Crippen LogP contribution is -3.00. The van der Waals surface area contributed by atoms with Crippen molar-refractivity contribution in [3.05, 3.63) is 83.6 Å². The Morgan fingerprint density at radius 1 is 0.853 bits per heavy atom. The molecule has 34 heavy (non-hydrogen) atoms. The molecule has 0 aromatic heterocycles. The molecule has 0 fully saturated rings. The van der Waals surface area contributed by atoms with Gasteiger partial charge in [-0.25, -0.2) is 0 Å². The van der Waals surface area contributed by atoms with E-state index < -0.39 is 0 Å². The fourth-order valence-corrected chi connectivity index (χ4v) is 5.45. The molecule has 2 aromatic rings. The molecular weight excluding hydrogens is 444 g/mol. The molecule has 0 unspecified atom stereocenters. The topological polar surface area (TPSA) is 46.7 Å². The molecule has 0 spiro atoms. The van der Waals surface area contributed by atoms with E-state index in [1.165, 1.54) is 33.9 Å². The van der Waals surface area contributed by atoms with Crippen molar-refractivity contribution in [1.82, 2.24) is 0 Å². The summed E-state index contributed by atoms with van der Waals surface area (Å²) in [6.07, 6.45) is 8.14. The standard InChI is InChI=1S/C29H37N2O2.ClH/c1-28(2)22-12-5-7-14-24(22)30(18-10-20-32)26(28)16-9-17-27-29(3,4)23-13-6-8-15-25(23)31(27)19-11-21-33;/h5-9,12-17,32-33H,10-11,18-21H2,1-4H3;1H/q+1;/p-1. The van der Waals surface area contributed by atoms with Crippen LogP contribution >= 0.6 is 0 Å². The molecule has 5 heteroatoms. The summed E-state index contributed by atoms with van der Waals surface area (Å²) in [6, 6.07) is 17.2. The van der Waals surface area contributed by atoms with Gasteiger partial charge in [-0.05, 0) is 38.0 Å². The number of hydrogen-bond donors (Lipinski definition) is 2. The number of hydrogen-bond acceptors (Lipinski definition) is 3. The lowest BCUT2D eigenvalue weighted by molar-refractivity contribution is -0.438. The molecular formula is C29H37ClN2O2. The van der Waals surface area contributed by atoms with Crippen molar-refractivity contribution in [3.63, 3.8) is 0 Å². The first-order valence-corrected chi connectivity index (χ1v) is 12.1. The van der Waals surface area contributed by atoms with Crippen LogP contribution in [-0.4, -0.2) is 46.8 Å². The Kier molecular flexibility index (Phi) is 8.07. The van der Waals surface area contributed by atoms with E-state index in [0.29, 0.717) is 0 Å². The van der Waals surface area contributed by atoms with E-state index in [2.05, 4.69) is 104 Å². The Hall–Kier alpha value is -2.40. The zero-order chi connectivity index (χ0) is 23.6. The van der Waals surface area contributed by atoms with Crippen LogP contribution in [-0.2, 0) is 10.8 Å². The minimum absolute atomic E-state index is 0. The number of benzene rings is 2. The van der Waals surface area contributed by atoms with Crippen LogP contribution in [0.25, 0.3) is 0 Å². The van der Waals surface area contributed by atoms with Crippen LogP contribution in [0, 0.1) is 0 Å². The highest BCUT2D eigenvalue weighted by Crippen LogP contribution is 2.47. The van der Waals surface area contributed by atoms with Gasteiger partial charge in [-0.1, -0.05) is 56.3 Å². The minimum Gasteiger partial charge on any atom is -1.00 e. The van der Waals surface area contributed by atoms with Gasteiger partial charge in [0.2, 0.25) is 5.69 Å². The zero-order valence-electron chi connectivity index (χ0n) is 20.8. The third kappa shape index (κ3) is 4.47. The second kappa shape index (κ2) is 10.5. The lowest BCUT2D eigenvalue weighted by Gasteiger charge is -2.26. The first kappa shape index (κ1) is 26.2. The predicted molar refractivity (Wildman–Crippen MR) is 137 cm³/mol. The van der Waals surface area contributed by atoms with Crippen molar-refractivity contribution in [2.75, 3.05) is 31.2 Å². The lowest BCUT2D eigenvalue weighted by atomic mass is 9.81. The van der Waals surface area contributed by atoms with Gasteiger partial charge in [0.1, 0.15) is 0 Å². The second-order valence-corrected chi connectivity index (χ2v) is 10.0. The van der Waals surface area contributed by atoms with Crippen molar-refractivity contribution in [3.8, 4) is 0 Å². The first-order valence-electron chi connectivity index (χ1n) is 12.1. The summed E-state index contributed by atoms with van der Waals surface area (Å²) in [5.41, 5.74) is 7.43. The summed E-state index contributed by atoms with van der Waals surface area (Å²) < 4.78 is 2.36. The van der Waals surface area contributed by atoms with E-state index in [1.807, 2.05) is 0 Å². The van der Waals surface area contributed by atoms with Crippen LogP contribution in [0.2, 0.25) is 0 Å². The van der Waals surface area contributed by atoms with Gasteiger partial charge in [-0.3, -0.25) is 0 Å². The molecule has 0 amide bonds. The smallest absolute Gasteiger partial charge is 0.209 e. The first-order chi connectivity index (χ1) is 15.8. The molecule has 2 N–H and O–H groups in total. The largest absolute Gasteiger partial charge is 1.00 e. The Morgan fingerprint density at radius 2 is 1.50 bits per heavy atom. The Labute approximate surface area is 210 Å². The maximum Gasteiger partial charge on any atom is 0.209 e. The van der Waals surface area contributed by atoms with Gasteiger partial charge in [-0.2, -0.15) is 4.58 Å². The van der Waals surface area contributed by atoms with Gasteiger partial charge < -0.3 is 27.5 Å². The third-order valence-electron chi connectivity index (χ3n) is 7.19. The molecule has 0 bridgehead atoms. The maximum absolute atomic E-state index is 9.47. The number of aliphatic hydroxyl groups excluding tert-OH is 2. The number of halogens is 1. The van der Waals surface area contributed by atoms with Gasteiger partial charge in [0.25, 0.3) is 0 Å². The zero-order valence-corrected chi connectivity index (χ0v) is 21.5. The molecule has 2 aliphatic rings. The monoisotopic (exact) mass is 480 g/mol. The fourth-order valence-electron chi connectivity index (χ4n) is 5.45. The highest BCUT2D eigenvalue weighted by atomic mass is 35.5. The van der Waals surface area contributed by atoms with Crippen LogP contribution in [0.4, 0.5) is 11.4 Å². The van der Waals surface area contributed by atoms with Crippen LogP contribution in [0.15, 0.2) is 72.5 Å². The average Bonchev–Trinajstić information content (AvgIpc) is 3.16. The van der Waals surface area contributed by atoms with Gasteiger partial charge in [0.15, 0.2) is 12.3 Å². The number of anilines is 1. The molecule has 182 valence electrons. The number of para-hydroxylation sites is 2. The highest BCUT2D eigenvalue weighted by Gasteiger charge is 2.44. The number of nitrogens with zero attached hydrogens (tertiary/aromatic N) is 2. The molecule has 0 aliphatic carbocycles. The van der Waals surface area contributed by atoms with E-state index in [-0.39, 0.29) is 36.5 Å². The van der Waals surface area contributed by atoms with E-state index in [1.54, 1.807) is 0 Å².